The molecule has 0 unspecified atom stereocenters. The molecule has 2 heterocycles. The van der Waals surface area contributed by atoms with Crippen LogP contribution in [0, 0.1) is 5.92 Å². The number of rotatable bonds is 5. The molecule has 0 radical (unpaired) electrons. The second-order valence-corrected chi connectivity index (χ2v) is 11.5. The Morgan fingerprint density at radius 3 is 2.53 bits per heavy atom. The van der Waals surface area contributed by atoms with Gasteiger partial charge in [0.25, 0.3) is 0 Å². The largest absolute Gasteiger partial charge is 0.341 e. The van der Waals surface area contributed by atoms with E-state index in [1.165, 1.54) is 9.82 Å². The van der Waals surface area contributed by atoms with Crippen LogP contribution in [0.5, 0.6) is 0 Å². The first kappa shape index (κ1) is 23.1. The van der Waals surface area contributed by atoms with E-state index in [9.17, 15) is 13.2 Å². The highest BCUT2D eigenvalue weighted by Crippen LogP contribution is 2.32. The highest BCUT2D eigenvalue weighted by Gasteiger charge is 2.33. The van der Waals surface area contributed by atoms with Gasteiger partial charge in [-0.25, -0.2) is 8.42 Å². The molecule has 34 heavy (non-hydrogen) atoms. The van der Waals surface area contributed by atoms with Crippen molar-refractivity contribution >= 4 is 59.4 Å². The molecule has 6 nitrogen and oxygen atoms in total. The van der Waals surface area contributed by atoms with Crippen molar-refractivity contribution in [1.29, 1.82) is 0 Å². The number of sulfonamides is 1. The van der Waals surface area contributed by atoms with Gasteiger partial charge in [0.05, 0.1) is 10.8 Å². The van der Waals surface area contributed by atoms with Gasteiger partial charge in [-0.05, 0) is 68.3 Å². The van der Waals surface area contributed by atoms with E-state index in [-0.39, 0.29) is 17.3 Å². The summed E-state index contributed by atoms with van der Waals surface area (Å²) < 4.78 is 30.7. The standard InChI is InChI=1S/C26H26BrN3O3S/c1-2-30-24-8-4-3-7-22(24)23-16-20(11-14-25(23)30)28-26(31)18-6-5-15-29(17-18)34(32,33)21-12-9-19(27)10-13-21/h3-4,7-14,16,18H,2,5-6,15,17H2,1H3,(H,28,31)/t18-/m1/s1. The van der Waals surface area contributed by atoms with Gasteiger partial charge in [0.2, 0.25) is 15.9 Å². The summed E-state index contributed by atoms with van der Waals surface area (Å²) in [5, 5.41) is 5.29. The average molecular weight is 540 g/mol. The van der Waals surface area contributed by atoms with E-state index in [1.807, 2.05) is 30.3 Å². The van der Waals surface area contributed by atoms with Crippen LogP contribution in [-0.2, 0) is 21.4 Å². The number of hydrogen-bond acceptors (Lipinski definition) is 3. The van der Waals surface area contributed by atoms with Crippen molar-refractivity contribution in [2.75, 3.05) is 18.4 Å². The lowest BCUT2D eigenvalue weighted by atomic mass is 9.98. The molecular weight excluding hydrogens is 514 g/mol. The molecule has 0 bridgehead atoms. The molecular formula is C26H26BrN3O3S. The normalized spacial score (nSPS) is 17.3. The Labute approximate surface area is 207 Å². The zero-order valence-electron chi connectivity index (χ0n) is 18.9. The first-order valence-corrected chi connectivity index (χ1v) is 13.7. The molecule has 1 N–H and O–H groups in total. The number of para-hydroxylation sites is 1. The van der Waals surface area contributed by atoms with E-state index in [2.05, 4.69) is 44.9 Å². The van der Waals surface area contributed by atoms with Crippen LogP contribution in [0.3, 0.4) is 0 Å². The van der Waals surface area contributed by atoms with E-state index in [0.717, 1.165) is 33.0 Å². The summed E-state index contributed by atoms with van der Waals surface area (Å²) in [6.07, 6.45) is 1.31. The first-order chi connectivity index (χ1) is 16.4. The maximum Gasteiger partial charge on any atom is 0.243 e. The third-order valence-corrected chi connectivity index (χ3v) is 8.97. The molecule has 4 aromatic rings. The number of aryl methyl sites for hydroxylation is 1. The molecule has 1 aliphatic heterocycles. The summed E-state index contributed by atoms with van der Waals surface area (Å²) in [4.78, 5) is 13.4. The Morgan fingerprint density at radius 1 is 1.03 bits per heavy atom. The van der Waals surface area contributed by atoms with Crippen LogP contribution >= 0.6 is 15.9 Å². The molecule has 1 amide bonds. The number of halogens is 1. The number of carbonyl (C=O) groups is 1. The molecule has 1 saturated heterocycles. The van der Waals surface area contributed by atoms with Gasteiger partial charge in [-0.1, -0.05) is 34.1 Å². The molecule has 0 spiro atoms. The van der Waals surface area contributed by atoms with Crippen molar-refractivity contribution in [2.45, 2.75) is 31.2 Å². The molecule has 0 aliphatic carbocycles. The number of nitrogens with zero attached hydrogens (tertiary/aromatic N) is 2. The molecule has 1 atom stereocenters. The zero-order chi connectivity index (χ0) is 23.9. The van der Waals surface area contributed by atoms with Crippen molar-refractivity contribution in [1.82, 2.24) is 8.87 Å². The number of anilines is 1. The fourth-order valence-corrected chi connectivity index (χ4v) is 6.63. The lowest BCUT2D eigenvalue weighted by Crippen LogP contribution is -2.43. The number of amides is 1. The number of aromatic nitrogens is 1. The van der Waals surface area contributed by atoms with E-state index < -0.39 is 15.9 Å². The van der Waals surface area contributed by atoms with Crippen LogP contribution in [0.25, 0.3) is 21.8 Å². The third kappa shape index (κ3) is 4.15. The monoisotopic (exact) mass is 539 g/mol. The molecule has 8 heteroatoms. The van der Waals surface area contributed by atoms with Gasteiger partial charge in [0, 0.05) is 51.6 Å². The summed E-state index contributed by atoms with van der Waals surface area (Å²) >= 11 is 3.34. The van der Waals surface area contributed by atoms with Crippen LogP contribution < -0.4 is 5.32 Å². The van der Waals surface area contributed by atoms with Crippen LogP contribution in [0.4, 0.5) is 5.69 Å². The van der Waals surface area contributed by atoms with Gasteiger partial charge >= 0.3 is 0 Å². The van der Waals surface area contributed by atoms with Crippen LogP contribution in [0.15, 0.2) is 76.1 Å². The van der Waals surface area contributed by atoms with Crippen molar-refractivity contribution in [3.8, 4) is 0 Å². The van der Waals surface area contributed by atoms with Crippen molar-refractivity contribution < 1.29 is 13.2 Å². The van der Waals surface area contributed by atoms with E-state index >= 15 is 0 Å². The van der Waals surface area contributed by atoms with Gasteiger partial charge < -0.3 is 9.88 Å². The lowest BCUT2D eigenvalue weighted by molar-refractivity contribution is -0.120. The number of hydrogen-bond donors (Lipinski definition) is 1. The molecule has 0 saturated carbocycles. The fourth-order valence-electron chi connectivity index (χ4n) is 4.85. The zero-order valence-corrected chi connectivity index (χ0v) is 21.3. The number of piperidine rings is 1. The second kappa shape index (κ2) is 9.17. The Balaban J connectivity index is 1.37. The quantitative estimate of drug-likeness (QED) is 0.358. The molecule has 5 rings (SSSR count). The Bertz CT molecular complexity index is 1480. The Kier molecular flexibility index (Phi) is 6.22. The molecule has 1 aromatic heterocycles. The van der Waals surface area contributed by atoms with E-state index in [4.69, 9.17) is 0 Å². The average Bonchev–Trinajstić information content (AvgIpc) is 3.17. The first-order valence-electron chi connectivity index (χ1n) is 11.5. The minimum absolute atomic E-state index is 0.144. The van der Waals surface area contributed by atoms with Crippen LogP contribution in [0.2, 0.25) is 0 Å². The van der Waals surface area contributed by atoms with Gasteiger partial charge in [-0.15, -0.1) is 0 Å². The molecule has 3 aromatic carbocycles. The Hall–Kier alpha value is -2.68. The topological polar surface area (TPSA) is 71.4 Å². The predicted molar refractivity (Wildman–Crippen MR) is 139 cm³/mol. The number of nitrogens with one attached hydrogen (secondary N) is 1. The molecule has 176 valence electrons. The lowest BCUT2D eigenvalue weighted by Gasteiger charge is -2.31. The van der Waals surface area contributed by atoms with Gasteiger partial charge in [-0.3, -0.25) is 4.79 Å². The summed E-state index contributed by atoms with van der Waals surface area (Å²) in [6, 6.07) is 20.9. The maximum absolute atomic E-state index is 13.1. The third-order valence-electron chi connectivity index (χ3n) is 6.56. The highest BCUT2D eigenvalue weighted by atomic mass is 79.9. The number of benzene rings is 3. The van der Waals surface area contributed by atoms with Gasteiger partial charge in [-0.2, -0.15) is 4.31 Å². The van der Waals surface area contributed by atoms with Crippen molar-refractivity contribution in [3.63, 3.8) is 0 Å². The predicted octanol–water partition coefficient (Wildman–Crippen LogP) is 5.62. The van der Waals surface area contributed by atoms with Crippen molar-refractivity contribution in [2.24, 2.45) is 5.92 Å². The summed E-state index contributed by atoms with van der Waals surface area (Å²) in [7, 11) is -3.64. The fraction of sp³-hybridized carbons (Fsp3) is 0.269. The number of carbonyl (C=O) groups excluding carboxylic acids is 1. The maximum atomic E-state index is 13.1. The van der Waals surface area contributed by atoms with Crippen LogP contribution in [0.1, 0.15) is 19.8 Å². The summed E-state index contributed by atoms with van der Waals surface area (Å²) in [6.45, 7) is 3.59. The second-order valence-electron chi connectivity index (χ2n) is 8.64. The minimum Gasteiger partial charge on any atom is -0.341 e. The summed E-state index contributed by atoms with van der Waals surface area (Å²) in [5.41, 5.74) is 3.03. The van der Waals surface area contributed by atoms with Crippen LogP contribution in [-0.4, -0.2) is 36.3 Å². The van der Waals surface area contributed by atoms with E-state index in [1.54, 1.807) is 24.3 Å². The molecule has 1 fully saturated rings. The minimum atomic E-state index is -3.64. The van der Waals surface area contributed by atoms with E-state index in [0.29, 0.717) is 19.4 Å². The highest BCUT2D eigenvalue weighted by molar-refractivity contribution is 9.10. The smallest absolute Gasteiger partial charge is 0.243 e. The Morgan fingerprint density at radius 2 is 1.76 bits per heavy atom. The SMILES string of the molecule is CCn1c2ccccc2c2cc(NC(=O)[C@@H]3CCCN(S(=O)(=O)c4ccc(Br)cc4)C3)ccc21. The van der Waals surface area contributed by atoms with Gasteiger partial charge in [0.15, 0.2) is 0 Å². The molecule has 1 aliphatic rings. The van der Waals surface area contributed by atoms with Crippen molar-refractivity contribution in [3.05, 3.63) is 71.2 Å². The van der Waals surface area contributed by atoms with Gasteiger partial charge in [0.1, 0.15) is 0 Å². The number of fused-ring (bicyclic) bond motifs is 3. The summed E-state index contributed by atoms with van der Waals surface area (Å²) in [5.74, 6) is -0.541.